The molecule has 0 aliphatic rings. The molecule has 0 aliphatic heterocycles. The highest BCUT2D eigenvalue weighted by Gasteiger charge is 2.42. The molecule has 0 rings (SSSR count). The predicted molar refractivity (Wildman–Crippen MR) is 24.2 cm³/mol. The van der Waals surface area contributed by atoms with Gasteiger partial charge < -0.3 is 9.84 Å². The van der Waals surface area contributed by atoms with Gasteiger partial charge in [-0.1, -0.05) is 0 Å². The first-order chi connectivity index (χ1) is 4.88. The molecular weight excluding hydrogens is 169 g/mol. The van der Waals surface area contributed by atoms with Crippen molar-refractivity contribution < 1.29 is 32.6 Å². The summed E-state index contributed by atoms with van der Waals surface area (Å²) in [6.45, 7) is -1.26. The molecule has 0 unspecified atom stereocenters. The Morgan fingerprint density at radius 3 is 2.09 bits per heavy atom. The zero-order valence-corrected chi connectivity index (χ0v) is 5.01. The molecule has 0 radical (unpaired) electrons. The van der Waals surface area contributed by atoms with Crippen molar-refractivity contribution in [3.63, 3.8) is 0 Å². The molecule has 0 aromatic carbocycles. The van der Waals surface area contributed by atoms with Crippen LogP contribution in [0, 0.1) is 0 Å². The van der Waals surface area contributed by atoms with Crippen LogP contribution in [0.25, 0.3) is 0 Å². The van der Waals surface area contributed by atoms with Crippen LogP contribution in [0.5, 0.6) is 0 Å². The number of rotatable bonds is 1. The molecule has 0 saturated carbocycles. The Balaban J connectivity index is 3.99. The predicted octanol–water partition coefficient (Wildman–Crippen LogP) is -0.389. The molecule has 0 fully saturated rings. The maximum absolute atomic E-state index is 11.2. The molecule has 0 aliphatic carbocycles. The maximum atomic E-state index is 11.2. The Labute approximate surface area is 58.6 Å². The molecule has 4 nitrogen and oxygen atoms in total. The number of hydrogen-bond donors (Lipinski definition) is 1. The summed E-state index contributed by atoms with van der Waals surface area (Å²) in [4.78, 5) is 19.6. The quantitative estimate of drug-likeness (QED) is 0.432. The Bertz CT molecular complexity index is 173. The third-order valence-corrected chi connectivity index (χ3v) is 0.567. The van der Waals surface area contributed by atoms with Crippen LogP contribution in [0.3, 0.4) is 0 Å². The third kappa shape index (κ3) is 3.56. The number of aliphatic hydroxyl groups is 1. The lowest BCUT2D eigenvalue weighted by molar-refractivity contribution is -0.202. The summed E-state index contributed by atoms with van der Waals surface area (Å²) in [6, 6.07) is 0. The van der Waals surface area contributed by atoms with Gasteiger partial charge >= 0.3 is 18.1 Å². The Kier molecular flexibility index (Phi) is 2.99. The van der Waals surface area contributed by atoms with E-state index in [2.05, 4.69) is 4.74 Å². The van der Waals surface area contributed by atoms with Crippen LogP contribution in [0.4, 0.5) is 13.2 Å². The van der Waals surface area contributed by atoms with E-state index in [-0.39, 0.29) is 0 Å². The van der Waals surface area contributed by atoms with Crippen LogP contribution in [0.2, 0.25) is 0 Å². The average Bonchev–Trinajstić information content (AvgIpc) is 1.85. The lowest BCUT2D eigenvalue weighted by Crippen LogP contribution is -2.28. The fraction of sp³-hybridized carbons (Fsp3) is 0.500. The lowest BCUT2D eigenvalue weighted by Gasteiger charge is -2.02. The Hall–Kier alpha value is -1.11. The van der Waals surface area contributed by atoms with Crippen molar-refractivity contribution in [2.75, 3.05) is 6.61 Å². The monoisotopic (exact) mass is 172 g/mol. The normalized spacial score (nSPS) is 10.9. The number of carbonyl (C=O) groups is 2. The molecule has 0 amide bonds. The van der Waals surface area contributed by atoms with Crippen molar-refractivity contribution in [3.8, 4) is 0 Å². The molecule has 0 saturated heterocycles. The van der Waals surface area contributed by atoms with Gasteiger partial charge in [-0.2, -0.15) is 13.2 Å². The van der Waals surface area contributed by atoms with Crippen LogP contribution < -0.4 is 0 Å². The number of ether oxygens (including phenoxy) is 1. The Morgan fingerprint density at radius 1 is 1.36 bits per heavy atom. The van der Waals surface area contributed by atoms with Crippen LogP contribution in [-0.4, -0.2) is 29.8 Å². The SMILES string of the molecule is O=C(CO)OC(=O)C(F)(F)F. The molecule has 1 N–H and O–H groups in total. The highest BCUT2D eigenvalue weighted by Crippen LogP contribution is 2.16. The summed E-state index contributed by atoms with van der Waals surface area (Å²) in [6.07, 6.45) is -5.20. The highest BCUT2D eigenvalue weighted by atomic mass is 19.4. The second kappa shape index (κ2) is 3.33. The number of alkyl halides is 3. The molecule has 0 atom stereocenters. The standard InChI is InChI=1S/C4H3F3O4/c5-4(6,7)3(10)11-2(9)1-8/h8H,1H2. The van der Waals surface area contributed by atoms with E-state index in [0.717, 1.165) is 0 Å². The van der Waals surface area contributed by atoms with Crippen LogP contribution in [0.1, 0.15) is 0 Å². The largest absolute Gasteiger partial charge is 0.491 e. The van der Waals surface area contributed by atoms with Crippen LogP contribution in [0.15, 0.2) is 0 Å². The van der Waals surface area contributed by atoms with Gasteiger partial charge in [0.05, 0.1) is 0 Å². The summed E-state index contributed by atoms with van der Waals surface area (Å²) in [5, 5.41) is 7.86. The molecule has 11 heavy (non-hydrogen) atoms. The number of hydrogen-bond acceptors (Lipinski definition) is 4. The fourth-order valence-electron chi connectivity index (χ4n) is 0.194. The minimum absolute atomic E-state index is 1.26. The summed E-state index contributed by atoms with van der Waals surface area (Å²) in [7, 11) is 0. The van der Waals surface area contributed by atoms with Gasteiger partial charge in [0.1, 0.15) is 6.61 Å². The van der Waals surface area contributed by atoms with E-state index >= 15 is 0 Å². The van der Waals surface area contributed by atoms with Crippen molar-refractivity contribution in [2.24, 2.45) is 0 Å². The molecule has 0 heterocycles. The van der Waals surface area contributed by atoms with Gasteiger partial charge in [0.25, 0.3) is 0 Å². The van der Waals surface area contributed by atoms with Crippen molar-refractivity contribution in [1.82, 2.24) is 0 Å². The van der Waals surface area contributed by atoms with Gasteiger partial charge in [-0.05, 0) is 0 Å². The number of esters is 2. The summed E-state index contributed by atoms with van der Waals surface area (Å²) < 4.78 is 36.8. The number of carbonyl (C=O) groups excluding carboxylic acids is 2. The van der Waals surface area contributed by atoms with Crippen molar-refractivity contribution in [3.05, 3.63) is 0 Å². The van der Waals surface area contributed by atoms with Gasteiger partial charge in [-0.15, -0.1) is 0 Å². The first-order valence-corrected chi connectivity index (χ1v) is 2.30. The smallest absolute Gasteiger partial charge is 0.385 e. The zero-order chi connectivity index (χ0) is 9.07. The summed E-state index contributed by atoms with van der Waals surface area (Å²) in [5.41, 5.74) is 0. The minimum Gasteiger partial charge on any atom is -0.385 e. The van der Waals surface area contributed by atoms with Crippen molar-refractivity contribution in [2.45, 2.75) is 6.18 Å². The molecule has 64 valence electrons. The first-order valence-electron chi connectivity index (χ1n) is 2.30. The third-order valence-electron chi connectivity index (χ3n) is 0.567. The van der Waals surface area contributed by atoms with Gasteiger partial charge in [-0.3, -0.25) is 0 Å². The van der Waals surface area contributed by atoms with E-state index < -0.39 is 24.7 Å². The van der Waals surface area contributed by atoms with Crippen molar-refractivity contribution in [1.29, 1.82) is 0 Å². The van der Waals surface area contributed by atoms with E-state index in [1.807, 2.05) is 0 Å². The minimum atomic E-state index is -5.20. The van der Waals surface area contributed by atoms with E-state index in [1.165, 1.54) is 0 Å². The first kappa shape index (κ1) is 9.89. The molecule has 0 bridgehead atoms. The number of halogens is 3. The maximum Gasteiger partial charge on any atom is 0.491 e. The fourth-order valence-corrected chi connectivity index (χ4v) is 0.194. The van der Waals surface area contributed by atoms with Crippen LogP contribution >= 0.6 is 0 Å². The molecule has 0 spiro atoms. The topological polar surface area (TPSA) is 63.6 Å². The van der Waals surface area contributed by atoms with E-state index in [9.17, 15) is 22.8 Å². The average molecular weight is 172 g/mol. The molecular formula is C4H3F3O4. The zero-order valence-electron chi connectivity index (χ0n) is 5.01. The lowest BCUT2D eigenvalue weighted by atomic mass is 10.6. The second-order valence-electron chi connectivity index (χ2n) is 1.42. The van der Waals surface area contributed by atoms with Crippen molar-refractivity contribution >= 4 is 11.9 Å². The summed E-state index contributed by atoms with van der Waals surface area (Å²) in [5.74, 6) is -4.26. The van der Waals surface area contributed by atoms with Gasteiger partial charge in [0, 0.05) is 0 Å². The highest BCUT2D eigenvalue weighted by molar-refractivity contribution is 5.88. The van der Waals surface area contributed by atoms with Crippen LogP contribution in [-0.2, 0) is 14.3 Å². The Morgan fingerprint density at radius 2 is 1.82 bits per heavy atom. The summed E-state index contributed by atoms with van der Waals surface area (Å²) >= 11 is 0. The van der Waals surface area contributed by atoms with E-state index in [4.69, 9.17) is 5.11 Å². The van der Waals surface area contributed by atoms with E-state index in [1.54, 1.807) is 0 Å². The molecule has 7 heteroatoms. The molecule has 0 aromatic heterocycles. The second-order valence-corrected chi connectivity index (χ2v) is 1.42. The van der Waals surface area contributed by atoms with Gasteiger partial charge in [-0.25, -0.2) is 9.59 Å². The molecule has 0 aromatic rings. The number of aliphatic hydroxyl groups excluding tert-OH is 1. The van der Waals surface area contributed by atoms with Gasteiger partial charge in [0.15, 0.2) is 0 Å². The van der Waals surface area contributed by atoms with Gasteiger partial charge in [0.2, 0.25) is 0 Å². The van der Waals surface area contributed by atoms with E-state index in [0.29, 0.717) is 0 Å².